The molecule has 1 fully saturated rings. The number of aromatic nitrogens is 2. The summed E-state index contributed by atoms with van der Waals surface area (Å²) in [4.78, 5) is 32.7. The maximum atomic E-state index is 12.0. The Morgan fingerprint density at radius 3 is 2.48 bits per heavy atom. The molecule has 0 spiro atoms. The van der Waals surface area contributed by atoms with Gasteiger partial charge in [0.25, 0.3) is 5.79 Å². The first-order valence-electron chi connectivity index (χ1n) is 8.81. The molecule has 1 aromatic carbocycles. The van der Waals surface area contributed by atoms with Crippen LogP contribution in [-0.4, -0.2) is 27.7 Å². The number of cyclic esters (lactones) is 2. The van der Waals surface area contributed by atoms with Crippen LogP contribution in [0.4, 0.5) is 5.69 Å². The zero-order valence-electron chi connectivity index (χ0n) is 15.7. The summed E-state index contributed by atoms with van der Waals surface area (Å²) in [5.41, 5.74) is 3.29. The molecule has 4 rings (SSSR count). The maximum absolute atomic E-state index is 12.0. The average molecular weight is 407 g/mol. The average Bonchev–Trinajstić information content (AvgIpc) is 3.18. The second-order valence-electron chi connectivity index (χ2n) is 6.74. The van der Waals surface area contributed by atoms with Gasteiger partial charge in [0.05, 0.1) is 5.69 Å². The van der Waals surface area contributed by atoms with E-state index in [2.05, 4.69) is 15.3 Å². The van der Waals surface area contributed by atoms with Crippen molar-refractivity contribution in [3.63, 3.8) is 0 Å². The Balaban J connectivity index is 1.54. The molecule has 2 aromatic heterocycles. The lowest BCUT2D eigenvalue weighted by atomic mass is 10.2. The van der Waals surface area contributed by atoms with Crippen LogP contribution in [0.5, 0.6) is 0 Å². The fourth-order valence-electron chi connectivity index (χ4n) is 2.74. The molecule has 0 atom stereocenters. The zero-order chi connectivity index (χ0) is 20.4. The topological polar surface area (TPSA) is 90.4 Å². The molecule has 3 heterocycles. The molecule has 0 saturated carbocycles. The van der Waals surface area contributed by atoms with E-state index in [9.17, 15) is 9.59 Å². The third kappa shape index (κ3) is 4.17. The molecule has 0 unspecified atom stereocenters. The minimum absolute atomic E-state index is 0.191. The van der Waals surface area contributed by atoms with Crippen LogP contribution < -0.4 is 5.32 Å². The van der Waals surface area contributed by atoms with Crippen molar-refractivity contribution in [1.82, 2.24) is 9.97 Å². The minimum atomic E-state index is -1.26. The number of nitrogens with zero attached hydrogens (tertiary/aromatic N) is 2. The molecule has 1 aliphatic rings. The van der Waals surface area contributed by atoms with E-state index in [1.807, 2.05) is 41.8 Å². The summed E-state index contributed by atoms with van der Waals surface area (Å²) in [6.07, 6.45) is 4.76. The number of benzene rings is 1. The molecule has 1 aliphatic heterocycles. The van der Waals surface area contributed by atoms with Gasteiger partial charge in [0.15, 0.2) is 5.57 Å². The summed E-state index contributed by atoms with van der Waals surface area (Å²) < 4.78 is 10.2. The highest BCUT2D eigenvalue weighted by Gasteiger charge is 2.38. The molecule has 1 saturated heterocycles. The quantitative estimate of drug-likeness (QED) is 0.397. The summed E-state index contributed by atoms with van der Waals surface area (Å²) >= 11 is 1.53. The fraction of sp³-hybridized carbons (Fsp3) is 0.143. The molecule has 0 radical (unpaired) electrons. The molecular weight excluding hydrogens is 390 g/mol. The second kappa shape index (κ2) is 7.48. The van der Waals surface area contributed by atoms with Gasteiger partial charge in [-0.05, 0) is 24.3 Å². The Morgan fingerprint density at radius 2 is 1.76 bits per heavy atom. The van der Waals surface area contributed by atoms with E-state index in [0.29, 0.717) is 5.69 Å². The summed E-state index contributed by atoms with van der Waals surface area (Å²) in [5.74, 6) is -2.71. The van der Waals surface area contributed by atoms with Crippen LogP contribution in [-0.2, 0) is 19.1 Å². The van der Waals surface area contributed by atoms with Crippen molar-refractivity contribution < 1.29 is 19.1 Å². The molecule has 0 amide bonds. The molecule has 1 N–H and O–H groups in total. The van der Waals surface area contributed by atoms with Gasteiger partial charge in [-0.25, -0.2) is 14.6 Å². The molecule has 0 aliphatic carbocycles. The van der Waals surface area contributed by atoms with Gasteiger partial charge in [0, 0.05) is 54.6 Å². The molecular formula is C21H17N3O4S. The largest absolute Gasteiger partial charge is 0.419 e. The number of nitrogens with one attached hydrogen (secondary N) is 1. The first-order valence-corrected chi connectivity index (χ1v) is 9.69. The molecule has 146 valence electrons. The number of ether oxygens (including phenoxy) is 2. The molecule has 29 heavy (non-hydrogen) atoms. The zero-order valence-corrected chi connectivity index (χ0v) is 16.5. The Hall–Kier alpha value is -3.52. The number of carbonyl (C=O) groups is 2. The van der Waals surface area contributed by atoms with Gasteiger partial charge in [-0.2, -0.15) is 0 Å². The van der Waals surface area contributed by atoms with Gasteiger partial charge in [-0.3, -0.25) is 4.98 Å². The van der Waals surface area contributed by atoms with E-state index in [0.717, 1.165) is 21.8 Å². The summed E-state index contributed by atoms with van der Waals surface area (Å²) in [5, 5.41) is 5.80. The summed E-state index contributed by atoms with van der Waals surface area (Å²) in [6.45, 7) is 3.01. The summed E-state index contributed by atoms with van der Waals surface area (Å²) in [6, 6.07) is 11.3. The highest BCUT2D eigenvalue weighted by Crippen LogP contribution is 2.30. The van der Waals surface area contributed by atoms with Crippen LogP contribution in [0.2, 0.25) is 0 Å². The van der Waals surface area contributed by atoms with Crippen LogP contribution in [0, 0.1) is 0 Å². The predicted molar refractivity (Wildman–Crippen MR) is 109 cm³/mol. The van der Waals surface area contributed by atoms with E-state index in [1.54, 1.807) is 12.4 Å². The molecule has 7 nitrogen and oxygen atoms in total. The maximum Gasteiger partial charge on any atom is 0.350 e. The van der Waals surface area contributed by atoms with Crippen molar-refractivity contribution in [1.29, 1.82) is 0 Å². The van der Waals surface area contributed by atoms with Crippen LogP contribution >= 0.6 is 11.3 Å². The highest BCUT2D eigenvalue weighted by atomic mass is 32.1. The predicted octanol–water partition coefficient (Wildman–Crippen LogP) is 4.00. The van der Waals surface area contributed by atoms with Crippen molar-refractivity contribution in [3.8, 4) is 21.8 Å². The molecule has 3 aromatic rings. The number of anilines is 1. The van der Waals surface area contributed by atoms with E-state index in [4.69, 9.17) is 9.47 Å². The van der Waals surface area contributed by atoms with Crippen LogP contribution in [0.3, 0.4) is 0 Å². The standard InChI is InChI=1S/C21H17N3O4S/c1-21(2)27-19(25)16(20(26)28-21)11-23-15-5-3-4-14(10-15)18-24-17(12-29-18)13-6-8-22-9-7-13/h3-12,23H,1-2H3. The number of rotatable bonds is 4. The van der Waals surface area contributed by atoms with Crippen LogP contribution in [0.1, 0.15) is 13.8 Å². The second-order valence-corrected chi connectivity index (χ2v) is 7.59. The number of esters is 2. The van der Waals surface area contributed by atoms with E-state index >= 15 is 0 Å². The van der Waals surface area contributed by atoms with Gasteiger partial charge in [-0.15, -0.1) is 11.3 Å². The van der Waals surface area contributed by atoms with Gasteiger partial charge < -0.3 is 14.8 Å². The number of pyridine rings is 1. The van der Waals surface area contributed by atoms with Crippen molar-refractivity contribution in [2.24, 2.45) is 0 Å². The van der Waals surface area contributed by atoms with Gasteiger partial charge >= 0.3 is 11.9 Å². The SMILES string of the molecule is CC1(C)OC(=O)C(=CNc2cccc(-c3nc(-c4ccncc4)cs3)c2)C(=O)O1. The van der Waals surface area contributed by atoms with Crippen LogP contribution in [0.15, 0.2) is 65.9 Å². The Labute approximate surface area is 171 Å². The molecule has 8 heteroatoms. The van der Waals surface area contributed by atoms with Gasteiger partial charge in [0.1, 0.15) is 5.01 Å². The smallest absolute Gasteiger partial charge is 0.350 e. The van der Waals surface area contributed by atoms with Gasteiger partial charge in [0.2, 0.25) is 0 Å². The normalized spacial score (nSPS) is 15.4. The van der Waals surface area contributed by atoms with Crippen LogP contribution in [0.25, 0.3) is 21.8 Å². The number of thiazole rings is 1. The molecule has 0 bridgehead atoms. The third-order valence-electron chi connectivity index (χ3n) is 4.09. The first-order chi connectivity index (χ1) is 13.9. The first kappa shape index (κ1) is 18.8. The fourth-order valence-corrected chi connectivity index (χ4v) is 3.56. The minimum Gasteiger partial charge on any atom is -0.419 e. The highest BCUT2D eigenvalue weighted by molar-refractivity contribution is 7.13. The van der Waals surface area contributed by atoms with Crippen molar-refractivity contribution in [2.45, 2.75) is 19.6 Å². The Kier molecular flexibility index (Phi) is 4.85. The van der Waals surface area contributed by atoms with E-state index < -0.39 is 17.7 Å². The number of hydrogen-bond acceptors (Lipinski definition) is 8. The van der Waals surface area contributed by atoms with E-state index in [1.165, 1.54) is 31.4 Å². The summed E-state index contributed by atoms with van der Waals surface area (Å²) in [7, 11) is 0. The van der Waals surface area contributed by atoms with Crippen molar-refractivity contribution >= 4 is 29.0 Å². The van der Waals surface area contributed by atoms with Gasteiger partial charge in [-0.1, -0.05) is 12.1 Å². The lowest BCUT2D eigenvalue weighted by Gasteiger charge is -2.29. The van der Waals surface area contributed by atoms with Crippen molar-refractivity contribution in [2.75, 3.05) is 5.32 Å². The Morgan fingerprint density at radius 1 is 1.03 bits per heavy atom. The van der Waals surface area contributed by atoms with Crippen molar-refractivity contribution in [3.05, 3.63) is 65.9 Å². The lowest BCUT2D eigenvalue weighted by Crippen LogP contribution is -2.42. The monoisotopic (exact) mass is 407 g/mol. The van der Waals surface area contributed by atoms with E-state index in [-0.39, 0.29) is 5.57 Å². The lowest BCUT2D eigenvalue weighted by molar-refractivity contribution is -0.222. The number of carbonyl (C=O) groups excluding carboxylic acids is 2. The third-order valence-corrected chi connectivity index (χ3v) is 4.98. The Bertz CT molecular complexity index is 1080. The number of hydrogen-bond donors (Lipinski definition) is 1.